The van der Waals surface area contributed by atoms with Crippen LogP contribution in [0.4, 0.5) is 13.2 Å². The molecule has 2 aromatic carbocycles. The lowest BCUT2D eigenvalue weighted by Gasteiger charge is -2.14. The number of hydrogen-bond acceptors (Lipinski definition) is 1. The van der Waals surface area contributed by atoms with Gasteiger partial charge in [-0.3, -0.25) is 0 Å². The maximum absolute atomic E-state index is 13.1. The predicted molar refractivity (Wildman–Crippen MR) is 66.6 cm³/mol. The molecule has 98 valence electrons. The molecule has 0 bridgehead atoms. The van der Waals surface area contributed by atoms with Gasteiger partial charge in [-0.05, 0) is 22.8 Å². The van der Waals surface area contributed by atoms with E-state index in [2.05, 4.69) is 0 Å². The average molecular weight is 264 g/mol. The summed E-state index contributed by atoms with van der Waals surface area (Å²) in [5.74, 6) is 0. The van der Waals surface area contributed by atoms with Crippen molar-refractivity contribution in [2.45, 2.75) is 12.6 Å². The van der Waals surface area contributed by atoms with E-state index in [0.717, 1.165) is 6.07 Å². The minimum Gasteiger partial charge on any atom is -0.303 e. The van der Waals surface area contributed by atoms with Gasteiger partial charge in [0, 0.05) is 6.42 Å². The van der Waals surface area contributed by atoms with Gasteiger partial charge < -0.3 is 4.79 Å². The van der Waals surface area contributed by atoms with Gasteiger partial charge in [-0.2, -0.15) is 13.2 Å². The zero-order valence-electron chi connectivity index (χ0n) is 9.95. The number of benzene rings is 2. The van der Waals surface area contributed by atoms with Crippen molar-refractivity contribution >= 4 is 6.29 Å². The minimum atomic E-state index is -4.44. The third-order valence-electron chi connectivity index (χ3n) is 2.79. The summed E-state index contributed by atoms with van der Waals surface area (Å²) in [4.78, 5) is 10.4. The van der Waals surface area contributed by atoms with E-state index in [4.69, 9.17) is 0 Å². The molecule has 0 aromatic heterocycles. The third kappa shape index (κ3) is 3.02. The van der Waals surface area contributed by atoms with E-state index in [-0.39, 0.29) is 12.0 Å². The van der Waals surface area contributed by atoms with E-state index >= 15 is 0 Å². The second-order valence-electron chi connectivity index (χ2n) is 4.11. The fraction of sp³-hybridized carbons (Fsp3) is 0.133. The molecule has 0 saturated heterocycles. The Balaban J connectivity index is 2.58. The van der Waals surface area contributed by atoms with Crippen LogP contribution in [0, 0.1) is 0 Å². The first-order valence-electron chi connectivity index (χ1n) is 5.71. The van der Waals surface area contributed by atoms with E-state index < -0.39 is 11.7 Å². The number of carbonyl (C=O) groups excluding carboxylic acids is 1. The van der Waals surface area contributed by atoms with Crippen LogP contribution in [0.5, 0.6) is 0 Å². The number of rotatable bonds is 3. The summed E-state index contributed by atoms with van der Waals surface area (Å²) in [6, 6.07) is 12.4. The van der Waals surface area contributed by atoms with Gasteiger partial charge in [-0.15, -0.1) is 0 Å². The van der Waals surface area contributed by atoms with Gasteiger partial charge in [0.05, 0.1) is 5.56 Å². The molecule has 0 N–H and O–H groups in total. The molecule has 0 fully saturated rings. The van der Waals surface area contributed by atoms with E-state index in [1.165, 1.54) is 6.07 Å². The summed E-state index contributed by atoms with van der Waals surface area (Å²) in [6.07, 6.45) is -3.86. The molecular weight excluding hydrogens is 253 g/mol. The highest BCUT2D eigenvalue weighted by Gasteiger charge is 2.33. The smallest absolute Gasteiger partial charge is 0.303 e. The molecule has 0 aliphatic carbocycles. The summed E-state index contributed by atoms with van der Waals surface area (Å²) < 4.78 is 39.2. The summed E-state index contributed by atoms with van der Waals surface area (Å²) in [5.41, 5.74) is 0.287. The normalized spacial score (nSPS) is 11.3. The highest BCUT2D eigenvalue weighted by Crippen LogP contribution is 2.37. The van der Waals surface area contributed by atoms with Crippen LogP contribution in [0.3, 0.4) is 0 Å². The second-order valence-corrected chi connectivity index (χ2v) is 4.11. The molecule has 0 saturated carbocycles. The quantitative estimate of drug-likeness (QED) is 0.762. The van der Waals surface area contributed by atoms with Crippen molar-refractivity contribution in [3.05, 3.63) is 59.7 Å². The van der Waals surface area contributed by atoms with Crippen molar-refractivity contribution in [1.82, 2.24) is 0 Å². The zero-order chi connectivity index (χ0) is 13.9. The van der Waals surface area contributed by atoms with E-state index in [1.54, 1.807) is 36.4 Å². The molecule has 0 amide bonds. The van der Waals surface area contributed by atoms with Crippen molar-refractivity contribution in [2.24, 2.45) is 0 Å². The molecular formula is C15H11F3O. The number of hydrogen-bond donors (Lipinski definition) is 0. The van der Waals surface area contributed by atoms with Crippen LogP contribution in [0.25, 0.3) is 11.1 Å². The van der Waals surface area contributed by atoms with Gasteiger partial charge in [0.2, 0.25) is 0 Å². The fourth-order valence-electron chi connectivity index (χ4n) is 1.92. The van der Waals surface area contributed by atoms with Crippen LogP contribution in [0.1, 0.15) is 11.1 Å². The Bertz CT molecular complexity index is 574. The first-order chi connectivity index (χ1) is 9.02. The molecule has 0 aliphatic rings. The number of aldehydes is 1. The third-order valence-corrected chi connectivity index (χ3v) is 2.79. The van der Waals surface area contributed by atoms with Crippen LogP contribution in [0.15, 0.2) is 48.5 Å². The van der Waals surface area contributed by atoms with Crippen LogP contribution in [0.2, 0.25) is 0 Å². The lowest BCUT2D eigenvalue weighted by molar-refractivity contribution is -0.137. The van der Waals surface area contributed by atoms with Crippen LogP contribution in [-0.4, -0.2) is 6.29 Å². The monoisotopic (exact) mass is 264 g/mol. The maximum Gasteiger partial charge on any atom is 0.417 e. The van der Waals surface area contributed by atoms with Gasteiger partial charge >= 0.3 is 6.18 Å². The molecule has 4 heteroatoms. The van der Waals surface area contributed by atoms with Crippen molar-refractivity contribution < 1.29 is 18.0 Å². The number of carbonyl (C=O) groups is 1. The van der Waals surface area contributed by atoms with Crippen molar-refractivity contribution in [2.75, 3.05) is 0 Å². The van der Waals surface area contributed by atoms with Gasteiger partial charge in [0.15, 0.2) is 0 Å². The lowest BCUT2D eigenvalue weighted by atomic mass is 9.96. The van der Waals surface area contributed by atoms with E-state index in [0.29, 0.717) is 17.4 Å². The fourth-order valence-corrected chi connectivity index (χ4v) is 1.92. The summed E-state index contributed by atoms with van der Waals surface area (Å²) in [7, 11) is 0. The van der Waals surface area contributed by atoms with Gasteiger partial charge in [-0.1, -0.05) is 42.5 Å². The average Bonchev–Trinajstić information content (AvgIpc) is 2.39. The number of halogens is 3. The van der Waals surface area contributed by atoms with Crippen LogP contribution >= 0.6 is 0 Å². The highest BCUT2D eigenvalue weighted by atomic mass is 19.4. The Hall–Kier alpha value is -2.10. The van der Waals surface area contributed by atoms with Gasteiger partial charge in [0.25, 0.3) is 0 Å². The Morgan fingerprint density at radius 3 is 2.26 bits per heavy atom. The molecule has 2 aromatic rings. The molecule has 2 rings (SSSR count). The zero-order valence-corrected chi connectivity index (χ0v) is 9.95. The summed E-state index contributed by atoms with van der Waals surface area (Å²) in [6.45, 7) is 0. The first-order valence-corrected chi connectivity index (χ1v) is 5.71. The first kappa shape index (κ1) is 13.3. The van der Waals surface area contributed by atoms with Crippen LogP contribution in [-0.2, 0) is 17.4 Å². The predicted octanol–water partition coefficient (Wildman–Crippen LogP) is 4.11. The molecule has 19 heavy (non-hydrogen) atoms. The lowest BCUT2D eigenvalue weighted by Crippen LogP contribution is -2.08. The maximum atomic E-state index is 13.1. The molecule has 0 unspecified atom stereocenters. The summed E-state index contributed by atoms with van der Waals surface area (Å²) in [5, 5.41) is 0. The molecule has 1 nitrogen and oxygen atoms in total. The van der Waals surface area contributed by atoms with Crippen molar-refractivity contribution in [1.29, 1.82) is 0 Å². The standard InChI is InChI=1S/C15H11F3O/c16-15(17,18)14-10-11(8-9-19)6-7-13(14)12-4-2-1-3-5-12/h1-7,9-10H,8H2. The largest absolute Gasteiger partial charge is 0.417 e. The van der Waals surface area contributed by atoms with Crippen molar-refractivity contribution in [3.63, 3.8) is 0 Å². The molecule has 0 aliphatic heterocycles. The summed E-state index contributed by atoms with van der Waals surface area (Å²) >= 11 is 0. The Labute approximate surface area is 108 Å². The van der Waals surface area contributed by atoms with Gasteiger partial charge in [-0.25, -0.2) is 0 Å². The molecule has 0 atom stereocenters. The van der Waals surface area contributed by atoms with Crippen LogP contribution < -0.4 is 0 Å². The van der Waals surface area contributed by atoms with E-state index in [1.807, 2.05) is 0 Å². The highest BCUT2D eigenvalue weighted by molar-refractivity contribution is 5.69. The Morgan fingerprint density at radius 2 is 1.68 bits per heavy atom. The Morgan fingerprint density at radius 1 is 1.00 bits per heavy atom. The molecule has 0 heterocycles. The second kappa shape index (κ2) is 5.26. The molecule has 0 radical (unpaired) electrons. The van der Waals surface area contributed by atoms with E-state index in [9.17, 15) is 18.0 Å². The van der Waals surface area contributed by atoms with Gasteiger partial charge in [0.1, 0.15) is 6.29 Å². The van der Waals surface area contributed by atoms with Crippen molar-refractivity contribution in [3.8, 4) is 11.1 Å². The molecule has 0 spiro atoms. The Kier molecular flexibility index (Phi) is 3.69. The minimum absolute atomic E-state index is 0.0157. The number of alkyl halides is 3. The topological polar surface area (TPSA) is 17.1 Å². The SMILES string of the molecule is O=CCc1ccc(-c2ccccc2)c(C(F)(F)F)c1.